The molecule has 4 heteroatoms. The molecule has 1 aromatic carbocycles. The number of hydrogen-bond acceptors (Lipinski definition) is 3. The molecule has 0 bridgehead atoms. The first-order valence-electron chi connectivity index (χ1n) is 6.20. The number of carbonyl (C=O) groups excluding carboxylic acids is 1. The maximum absolute atomic E-state index is 10.7. The van der Waals surface area contributed by atoms with Gasteiger partial charge in [-0.2, -0.15) is 5.10 Å². The van der Waals surface area contributed by atoms with E-state index in [1.165, 1.54) is 0 Å². The molecule has 1 aromatic heterocycles. The van der Waals surface area contributed by atoms with Gasteiger partial charge in [-0.05, 0) is 30.7 Å². The molecule has 1 heterocycles. The maximum atomic E-state index is 10.7. The minimum atomic E-state index is 0.685. The Hall–Kier alpha value is -1.97. The zero-order valence-corrected chi connectivity index (χ0v) is 11.0. The number of nitrogens with zero attached hydrogens (tertiary/aromatic N) is 3. The largest absolute Gasteiger partial charge is 0.298 e. The monoisotopic (exact) mass is 243 g/mol. The number of carbonyl (C=O) groups is 1. The van der Waals surface area contributed by atoms with Crippen LogP contribution in [0.3, 0.4) is 0 Å². The van der Waals surface area contributed by atoms with Crippen LogP contribution in [0.5, 0.6) is 0 Å². The minimum absolute atomic E-state index is 0.685. The van der Waals surface area contributed by atoms with Gasteiger partial charge < -0.3 is 0 Å². The van der Waals surface area contributed by atoms with Gasteiger partial charge in [0, 0.05) is 18.4 Å². The van der Waals surface area contributed by atoms with E-state index >= 15 is 0 Å². The molecule has 0 fully saturated rings. The van der Waals surface area contributed by atoms with Crippen molar-refractivity contribution in [3.63, 3.8) is 0 Å². The molecule has 4 nitrogen and oxygen atoms in total. The van der Waals surface area contributed by atoms with Gasteiger partial charge in [0.2, 0.25) is 0 Å². The van der Waals surface area contributed by atoms with Crippen molar-refractivity contribution in [2.45, 2.75) is 33.6 Å². The first-order valence-corrected chi connectivity index (χ1v) is 6.20. The highest BCUT2D eigenvalue weighted by atomic mass is 16.1. The summed E-state index contributed by atoms with van der Waals surface area (Å²) in [4.78, 5) is 15.2. The number of aryl methyl sites for hydroxylation is 3. The molecule has 94 valence electrons. The molecule has 0 amide bonds. The van der Waals surface area contributed by atoms with Crippen molar-refractivity contribution >= 4 is 6.29 Å². The molecule has 0 aliphatic carbocycles. The van der Waals surface area contributed by atoms with Crippen LogP contribution in [-0.2, 0) is 12.8 Å². The van der Waals surface area contributed by atoms with Crippen molar-refractivity contribution in [1.29, 1.82) is 0 Å². The topological polar surface area (TPSA) is 47.8 Å². The Kier molecular flexibility index (Phi) is 3.55. The van der Waals surface area contributed by atoms with Crippen LogP contribution in [0.4, 0.5) is 0 Å². The van der Waals surface area contributed by atoms with E-state index in [2.05, 4.69) is 17.0 Å². The average molecular weight is 243 g/mol. The van der Waals surface area contributed by atoms with Crippen LogP contribution >= 0.6 is 0 Å². The second-order valence-electron chi connectivity index (χ2n) is 4.23. The summed E-state index contributed by atoms with van der Waals surface area (Å²) in [6.07, 6.45) is 2.52. The molecule has 18 heavy (non-hydrogen) atoms. The molecule has 0 atom stereocenters. The van der Waals surface area contributed by atoms with Crippen molar-refractivity contribution in [2.24, 2.45) is 0 Å². The van der Waals surface area contributed by atoms with Gasteiger partial charge in [-0.3, -0.25) is 4.79 Å². The predicted octanol–water partition coefficient (Wildman–Crippen LogP) is 2.51. The Bertz CT molecular complexity index is 572. The second-order valence-corrected chi connectivity index (χ2v) is 4.23. The molecule has 0 radical (unpaired) electrons. The molecule has 0 N–H and O–H groups in total. The fourth-order valence-corrected chi connectivity index (χ4v) is 1.95. The fraction of sp³-hybridized carbons (Fsp3) is 0.357. The van der Waals surface area contributed by atoms with Gasteiger partial charge in [0.25, 0.3) is 0 Å². The minimum Gasteiger partial charge on any atom is -0.298 e. The van der Waals surface area contributed by atoms with Crippen molar-refractivity contribution in [3.05, 3.63) is 41.0 Å². The van der Waals surface area contributed by atoms with Gasteiger partial charge in [-0.25, -0.2) is 9.67 Å². The quantitative estimate of drug-likeness (QED) is 0.775. The highest BCUT2D eigenvalue weighted by Crippen LogP contribution is 2.17. The fourth-order valence-electron chi connectivity index (χ4n) is 1.95. The van der Waals surface area contributed by atoms with Crippen LogP contribution in [0, 0.1) is 6.92 Å². The Labute approximate surface area is 107 Å². The Balaban J connectivity index is 2.53. The van der Waals surface area contributed by atoms with Crippen molar-refractivity contribution in [3.8, 4) is 5.69 Å². The first-order chi connectivity index (χ1) is 8.69. The molecule has 0 saturated carbocycles. The summed E-state index contributed by atoms with van der Waals surface area (Å²) < 4.78 is 1.88. The normalized spacial score (nSPS) is 10.6. The van der Waals surface area contributed by atoms with Crippen LogP contribution in [0.1, 0.15) is 41.4 Å². The molecule has 2 rings (SSSR count). The summed E-state index contributed by atoms with van der Waals surface area (Å²) in [6.45, 7) is 6.09. The van der Waals surface area contributed by atoms with Crippen LogP contribution < -0.4 is 0 Å². The van der Waals surface area contributed by atoms with Crippen molar-refractivity contribution in [2.75, 3.05) is 0 Å². The molecule has 2 aromatic rings. The number of hydrogen-bond donors (Lipinski definition) is 0. The lowest BCUT2D eigenvalue weighted by molar-refractivity contribution is 0.112. The van der Waals surface area contributed by atoms with Crippen LogP contribution in [-0.4, -0.2) is 21.1 Å². The van der Waals surface area contributed by atoms with E-state index in [1.807, 2.05) is 36.7 Å². The van der Waals surface area contributed by atoms with Gasteiger partial charge in [0.1, 0.15) is 12.1 Å². The van der Waals surface area contributed by atoms with E-state index in [4.69, 9.17) is 0 Å². The number of aldehydes is 1. The molecular formula is C14H17N3O. The Morgan fingerprint density at radius 1 is 1.28 bits per heavy atom. The van der Waals surface area contributed by atoms with E-state index in [9.17, 15) is 4.79 Å². The summed E-state index contributed by atoms with van der Waals surface area (Å²) in [7, 11) is 0. The number of aromatic nitrogens is 3. The highest BCUT2D eigenvalue weighted by Gasteiger charge is 2.11. The third kappa shape index (κ3) is 2.18. The number of rotatable bonds is 4. The van der Waals surface area contributed by atoms with Gasteiger partial charge >= 0.3 is 0 Å². The van der Waals surface area contributed by atoms with E-state index in [1.54, 1.807) is 0 Å². The smallest absolute Gasteiger partial charge is 0.151 e. The first kappa shape index (κ1) is 12.5. The zero-order chi connectivity index (χ0) is 13.1. The van der Waals surface area contributed by atoms with Gasteiger partial charge in [-0.15, -0.1) is 0 Å². The second kappa shape index (κ2) is 5.12. The summed E-state index contributed by atoms with van der Waals surface area (Å²) in [5.74, 6) is 1.81. The summed E-state index contributed by atoms with van der Waals surface area (Å²) in [5, 5.41) is 4.50. The number of benzene rings is 1. The highest BCUT2D eigenvalue weighted by molar-refractivity contribution is 5.75. The standard InChI is InChI=1S/C14H17N3O/c1-4-13-15-14(5-2)17(16-13)12-7-6-11(9-18)8-10(12)3/h6-9H,4-5H2,1-3H3. The molecule has 0 aliphatic heterocycles. The maximum Gasteiger partial charge on any atom is 0.151 e. The molecule has 0 unspecified atom stereocenters. The van der Waals surface area contributed by atoms with Gasteiger partial charge in [0.15, 0.2) is 5.82 Å². The van der Waals surface area contributed by atoms with Crippen LogP contribution in [0.2, 0.25) is 0 Å². The van der Waals surface area contributed by atoms with Gasteiger partial charge in [0.05, 0.1) is 5.69 Å². The third-order valence-corrected chi connectivity index (χ3v) is 2.94. The summed E-state index contributed by atoms with van der Waals surface area (Å²) in [5.41, 5.74) is 2.71. The van der Waals surface area contributed by atoms with Crippen LogP contribution in [0.15, 0.2) is 18.2 Å². The molecule has 0 saturated heterocycles. The van der Waals surface area contributed by atoms with Gasteiger partial charge in [-0.1, -0.05) is 13.8 Å². The SMILES string of the molecule is CCc1nc(CC)n(-c2ccc(C=O)cc2C)n1. The molecule has 0 aliphatic rings. The van der Waals surface area contributed by atoms with Crippen molar-refractivity contribution < 1.29 is 4.79 Å². The van der Waals surface area contributed by atoms with E-state index < -0.39 is 0 Å². The summed E-state index contributed by atoms with van der Waals surface area (Å²) in [6, 6.07) is 5.60. The average Bonchev–Trinajstić information content (AvgIpc) is 2.81. The lowest BCUT2D eigenvalue weighted by atomic mass is 10.1. The van der Waals surface area contributed by atoms with Crippen LogP contribution in [0.25, 0.3) is 5.69 Å². The molecule has 0 spiro atoms. The van der Waals surface area contributed by atoms with Crippen molar-refractivity contribution in [1.82, 2.24) is 14.8 Å². The lowest BCUT2D eigenvalue weighted by Crippen LogP contribution is -2.04. The predicted molar refractivity (Wildman–Crippen MR) is 70.2 cm³/mol. The van der Waals surface area contributed by atoms with E-state index in [0.29, 0.717) is 5.56 Å². The third-order valence-electron chi connectivity index (χ3n) is 2.94. The Morgan fingerprint density at radius 3 is 2.61 bits per heavy atom. The summed E-state index contributed by atoms with van der Waals surface area (Å²) >= 11 is 0. The molecular weight excluding hydrogens is 226 g/mol. The Morgan fingerprint density at radius 2 is 2.06 bits per heavy atom. The zero-order valence-electron chi connectivity index (χ0n) is 11.0. The lowest BCUT2D eigenvalue weighted by Gasteiger charge is -2.08. The van der Waals surface area contributed by atoms with E-state index in [-0.39, 0.29) is 0 Å². The van der Waals surface area contributed by atoms with E-state index in [0.717, 1.165) is 42.0 Å².